The standard InChI is InChI=1S/C8H14O7/c1-3(9)14-2-4-5(10)6(11)7(12)8(13)15-4/h4-8,10-13H,2H2,1H3/t4-,5+,6+,7-,8-/m1/s1. The number of rotatable bonds is 2. The highest BCUT2D eigenvalue weighted by atomic mass is 16.6. The second-order valence-electron chi connectivity index (χ2n) is 3.34. The summed E-state index contributed by atoms with van der Waals surface area (Å²) in [7, 11) is 0. The van der Waals surface area contributed by atoms with Crippen LogP contribution in [0.4, 0.5) is 0 Å². The Labute approximate surface area is 85.9 Å². The summed E-state index contributed by atoms with van der Waals surface area (Å²) < 4.78 is 9.31. The van der Waals surface area contributed by atoms with Gasteiger partial charge in [-0.25, -0.2) is 0 Å². The molecule has 4 N–H and O–H groups in total. The van der Waals surface area contributed by atoms with Crippen LogP contribution in [0, 0.1) is 0 Å². The number of carbonyl (C=O) groups is 1. The van der Waals surface area contributed by atoms with Crippen LogP contribution >= 0.6 is 0 Å². The van der Waals surface area contributed by atoms with Gasteiger partial charge in [0.05, 0.1) is 0 Å². The molecule has 0 saturated carbocycles. The number of esters is 1. The van der Waals surface area contributed by atoms with Crippen LogP contribution in [0.5, 0.6) is 0 Å². The van der Waals surface area contributed by atoms with E-state index in [9.17, 15) is 15.0 Å². The fourth-order valence-corrected chi connectivity index (χ4v) is 1.27. The highest BCUT2D eigenvalue weighted by molar-refractivity contribution is 5.65. The van der Waals surface area contributed by atoms with E-state index in [-0.39, 0.29) is 6.61 Å². The maximum absolute atomic E-state index is 10.5. The molecule has 0 amide bonds. The summed E-state index contributed by atoms with van der Waals surface area (Å²) in [4.78, 5) is 10.5. The minimum Gasteiger partial charge on any atom is -0.463 e. The number of hydrogen-bond donors (Lipinski definition) is 4. The van der Waals surface area contributed by atoms with Crippen molar-refractivity contribution in [3.05, 3.63) is 0 Å². The van der Waals surface area contributed by atoms with Crippen molar-refractivity contribution in [2.75, 3.05) is 6.61 Å². The molecule has 0 bridgehead atoms. The molecule has 1 rings (SSSR count). The van der Waals surface area contributed by atoms with Crippen molar-refractivity contribution >= 4 is 5.97 Å². The van der Waals surface area contributed by atoms with Crippen molar-refractivity contribution in [1.82, 2.24) is 0 Å². The molecule has 5 atom stereocenters. The molecule has 1 saturated heterocycles. The van der Waals surface area contributed by atoms with Crippen LogP contribution in [0.25, 0.3) is 0 Å². The van der Waals surface area contributed by atoms with E-state index in [4.69, 9.17) is 14.9 Å². The third-order valence-electron chi connectivity index (χ3n) is 2.14. The van der Waals surface area contributed by atoms with E-state index in [0.717, 1.165) is 0 Å². The molecule has 0 unspecified atom stereocenters. The molecule has 1 aliphatic rings. The van der Waals surface area contributed by atoms with Gasteiger partial charge in [-0.15, -0.1) is 0 Å². The molecular weight excluding hydrogens is 208 g/mol. The zero-order valence-electron chi connectivity index (χ0n) is 8.11. The van der Waals surface area contributed by atoms with Crippen LogP contribution in [0.1, 0.15) is 6.92 Å². The second-order valence-corrected chi connectivity index (χ2v) is 3.34. The monoisotopic (exact) mass is 222 g/mol. The van der Waals surface area contributed by atoms with Crippen molar-refractivity contribution in [2.24, 2.45) is 0 Å². The molecule has 0 aromatic rings. The Hall–Kier alpha value is -0.730. The molecule has 1 aliphatic heterocycles. The number of aliphatic hydroxyl groups excluding tert-OH is 4. The second kappa shape index (κ2) is 4.86. The first-order valence-corrected chi connectivity index (χ1v) is 4.44. The molecule has 0 radical (unpaired) electrons. The smallest absolute Gasteiger partial charge is 0.302 e. The first kappa shape index (κ1) is 12.3. The highest BCUT2D eigenvalue weighted by Gasteiger charge is 2.43. The summed E-state index contributed by atoms with van der Waals surface area (Å²) in [6, 6.07) is 0. The van der Waals surface area contributed by atoms with E-state index in [0.29, 0.717) is 0 Å². The van der Waals surface area contributed by atoms with Gasteiger partial charge in [0.2, 0.25) is 0 Å². The van der Waals surface area contributed by atoms with Crippen LogP contribution in [0.3, 0.4) is 0 Å². The number of ether oxygens (including phenoxy) is 2. The summed E-state index contributed by atoms with van der Waals surface area (Å²) >= 11 is 0. The summed E-state index contributed by atoms with van der Waals surface area (Å²) in [6.07, 6.45) is -7.18. The quantitative estimate of drug-likeness (QED) is 0.377. The molecule has 88 valence electrons. The van der Waals surface area contributed by atoms with Gasteiger partial charge < -0.3 is 29.9 Å². The predicted molar refractivity (Wildman–Crippen MR) is 45.5 cm³/mol. The summed E-state index contributed by atoms with van der Waals surface area (Å²) in [5, 5.41) is 36.9. The lowest BCUT2D eigenvalue weighted by Crippen LogP contribution is -2.58. The van der Waals surface area contributed by atoms with Gasteiger partial charge in [-0.1, -0.05) is 0 Å². The molecule has 0 aromatic heterocycles. The lowest BCUT2D eigenvalue weighted by Gasteiger charge is -2.37. The van der Waals surface area contributed by atoms with Gasteiger partial charge in [0.15, 0.2) is 6.29 Å². The van der Waals surface area contributed by atoms with Crippen molar-refractivity contribution in [3.63, 3.8) is 0 Å². The van der Waals surface area contributed by atoms with Crippen molar-refractivity contribution < 1.29 is 34.7 Å². The van der Waals surface area contributed by atoms with E-state index >= 15 is 0 Å². The lowest BCUT2D eigenvalue weighted by atomic mass is 9.99. The van der Waals surface area contributed by atoms with Crippen molar-refractivity contribution in [3.8, 4) is 0 Å². The normalized spacial score (nSPS) is 41.3. The van der Waals surface area contributed by atoms with Crippen molar-refractivity contribution in [2.45, 2.75) is 37.6 Å². The van der Waals surface area contributed by atoms with Crippen molar-refractivity contribution in [1.29, 1.82) is 0 Å². The van der Waals surface area contributed by atoms with Crippen LogP contribution in [0.15, 0.2) is 0 Å². The average molecular weight is 222 g/mol. The SMILES string of the molecule is CC(=O)OC[C@H]1O[C@@H](O)[C@H](O)[C@@H](O)[C@H]1O. The maximum atomic E-state index is 10.5. The fraction of sp³-hybridized carbons (Fsp3) is 0.875. The third kappa shape index (κ3) is 2.86. The minimum absolute atomic E-state index is 0.294. The number of hydrogen-bond acceptors (Lipinski definition) is 7. The number of aliphatic hydroxyl groups is 4. The largest absolute Gasteiger partial charge is 0.463 e. The zero-order chi connectivity index (χ0) is 11.6. The predicted octanol–water partition coefficient (Wildman–Crippen LogP) is -2.65. The van der Waals surface area contributed by atoms with Gasteiger partial charge in [-0.2, -0.15) is 0 Å². The zero-order valence-corrected chi connectivity index (χ0v) is 8.11. The van der Waals surface area contributed by atoms with Gasteiger partial charge in [0.25, 0.3) is 0 Å². The fourth-order valence-electron chi connectivity index (χ4n) is 1.27. The lowest BCUT2D eigenvalue weighted by molar-refractivity contribution is -0.287. The Balaban J connectivity index is 2.54. The summed E-state index contributed by atoms with van der Waals surface area (Å²) in [5.41, 5.74) is 0. The molecule has 7 heteroatoms. The van der Waals surface area contributed by atoms with Crippen LogP contribution in [-0.2, 0) is 14.3 Å². The van der Waals surface area contributed by atoms with E-state index in [1.54, 1.807) is 0 Å². The molecular formula is C8H14O7. The van der Waals surface area contributed by atoms with Gasteiger partial charge in [-0.05, 0) is 0 Å². The summed E-state index contributed by atoms with van der Waals surface area (Å²) in [6.45, 7) is 0.883. The van der Waals surface area contributed by atoms with E-state index in [1.165, 1.54) is 6.92 Å². The molecule has 0 aromatic carbocycles. The molecule has 0 aliphatic carbocycles. The number of carbonyl (C=O) groups excluding carboxylic acids is 1. The van der Waals surface area contributed by atoms with Crippen LogP contribution in [0.2, 0.25) is 0 Å². The van der Waals surface area contributed by atoms with Crippen LogP contribution < -0.4 is 0 Å². The summed E-state index contributed by atoms with van der Waals surface area (Å²) in [5.74, 6) is -0.569. The molecule has 15 heavy (non-hydrogen) atoms. The Morgan fingerprint density at radius 3 is 2.33 bits per heavy atom. The molecule has 1 fully saturated rings. The van der Waals surface area contributed by atoms with Crippen LogP contribution in [-0.4, -0.2) is 63.7 Å². The van der Waals surface area contributed by atoms with E-state index in [2.05, 4.69) is 4.74 Å². The van der Waals surface area contributed by atoms with Gasteiger partial charge in [0, 0.05) is 6.92 Å². The topological polar surface area (TPSA) is 116 Å². The minimum atomic E-state index is -1.61. The molecule has 0 spiro atoms. The maximum Gasteiger partial charge on any atom is 0.302 e. The average Bonchev–Trinajstić information content (AvgIpc) is 2.18. The van der Waals surface area contributed by atoms with Gasteiger partial charge in [-0.3, -0.25) is 4.79 Å². The van der Waals surface area contributed by atoms with Gasteiger partial charge in [0.1, 0.15) is 31.0 Å². The van der Waals surface area contributed by atoms with E-state index in [1.807, 2.05) is 0 Å². The first-order valence-electron chi connectivity index (χ1n) is 4.44. The Morgan fingerprint density at radius 1 is 1.20 bits per heavy atom. The Bertz CT molecular complexity index is 231. The van der Waals surface area contributed by atoms with E-state index < -0.39 is 36.7 Å². The Morgan fingerprint density at radius 2 is 1.80 bits per heavy atom. The Kier molecular flexibility index (Phi) is 4.00. The molecule has 7 nitrogen and oxygen atoms in total. The highest BCUT2D eigenvalue weighted by Crippen LogP contribution is 2.19. The third-order valence-corrected chi connectivity index (χ3v) is 2.14. The molecule has 1 heterocycles. The first-order chi connectivity index (χ1) is 6.93. The van der Waals surface area contributed by atoms with Gasteiger partial charge >= 0.3 is 5.97 Å².